The van der Waals surface area contributed by atoms with Crippen molar-refractivity contribution in [1.29, 1.82) is 0 Å². The second-order valence-electron chi connectivity index (χ2n) is 5.39. The standard InChI is InChI=1S/C16H20ClN3O2/c1-9(20-11(3)22)14-6-13(17)7-15-12(8-19-16(14)15)4-5-18-10(2)21/h6-9,19H,4-5H2,1-3H3,(H,18,21)(H,20,22). The molecule has 0 bridgehead atoms. The molecule has 0 aliphatic heterocycles. The van der Waals surface area contributed by atoms with Crippen molar-refractivity contribution in [2.24, 2.45) is 0 Å². The van der Waals surface area contributed by atoms with E-state index in [0.29, 0.717) is 18.0 Å². The fraction of sp³-hybridized carbons (Fsp3) is 0.375. The molecule has 1 aromatic heterocycles. The van der Waals surface area contributed by atoms with Crippen LogP contribution in [0.15, 0.2) is 18.3 Å². The summed E-state index contributed by atoms with van der Waals surface area (Å²) in [6.07, 6.45) is 2.64. The van der Waals surface area contributed by atoms with Crippen molar-refractivity contribution in [2.45, 2.75) is 33.2 Å². The zero-order valence-corrected chi connectivity index (χ0v) is 13.7. The quantitative estimate of drug-likeness (QED) is 0.792. The van der Waals surface area contributed by atoms with E-state index in [1.54, 1.807) is 0 Å². The number of rotatable bonds is 5. The Labute approximate surface area is 134 Å². The number of amides is 2. The molecule has 2 aromatic rings. The Morgan fingerprint density at radius 3 is 2.64 bits per heavy atom. The number of carbonyl (C=O) groups is 2. The zero-order chi connectivity index (χ0) is 16.3. The third kappa shape index (κ3) is 3.80. The minimum absolute atomic E-state index is 0.0437. The maximum atomic E-state index is 11.3. The van der Waals surface area contributed by atoms with Crippen LogP contribution in [0.1, 0.15) is 37.9 Å². The van der Waals surface area contributed by atoms with Gasteiger partial charge in [0.15, 0.2) is 0 Å². The van der Waals surface area contributed by atoms with Crippen molar-refractivity contribution in [1.82, 2.24) is 15.6 Å². The normalized spacial score (nSPS) is 12.2. The van der Waals surface area contributed by atoms with E-state index in [0.717, 1.165) is 22.0 Å². The van der Waals surface area contributed by atoms with Crippen LogP contribution in [-0.2, 0) is 16.0 Å². The van der Waals surface area contributed by atoms with Gasteiger partial charge in [0.25, 0.3) is 0 Å². The van der Waals surface area contributed by atoms with Crippen molar-refractivity contribution in [3.63, 3.8) is 0 Å². The molecule has 1 aromatic carbocycles. The number of aromatic amines is 1. The number of aromatic nitrogens is 1. The maximum Gasteiger partial charge on any atom is 0.217 e. The molecule has 6 heteroatoms. The van der Waals surface area contributed by atoms with Gasteiger partial charge in [0.05, 0.1) is 11.6 Å². The molecule has 0 saturated heterocycles. The molecule has 1 heterocycles. The monoisotopic (exact) mass is 321 g/mol. The van der Waals surface area contributed by atoms with Crippen molar-refractivity contribution < 1.29 is 9.59 Å². The van der Waals surface area contributed by atoms with E-state index in [-0.39, 0.29) is 17.9 Å². The average Bonchev–Trinajstić information content (AvgIpc) is 2.79. The molecule has 0 fully saturated rings. The van der Waals surface area contributed by atoms with Crippen molar-refractivity contribution in [2.75, 3.05) is 6.54 Å². The van der Waals surface area contributed by atoms with Crippen LogP contribution in [0.3, 0.4) is 0 Å². The highest BCUT2D eigenvalue weighted by Crippen LogP contribution is 2.30. The summed E-state index contributed by atoms with van der Waals surface area (Å²) >= 11 is 6.22. The molecular formula is C16H20ClN3O2. The molecule has 0 aliphatic carbocycles. The lowest BCUT2D eigenvalue weighted by molar-refractivity contribution is -0.120. The number of hydrogen-bond donors (Lipinski definition) is 3. The summed E-state index contributed by atoms with van der Waals surface area (Å²) in [7, 11) is 0. The number of nitrogens with one attached hydrogen (secondary N) is 3. The largest absolute Gasteiger partial charge is 0.361 e. The van der Waals surface area contributed by atoms with Gasteiger partial charge in [-0.2, -0.15) is 0 Å². The first-order valence-electron chi connectivity index (χ1n) is 7.19. The molecule has 22 heavy (non-hydrogen) atoms. The molecule has 0 aliphatic rings. The number of halogens is 1. The van der Waals surface area contributed by atoms with E-state index < -0.39 is 0 Å². The van der Waals surface area contributed by atoms with Gasteiger partial charge in [-0.3, -0.25) is 9.59 Å². The van der Waals surface area contributed by atoms with Crippen molar-refractivity contribution >= 4 is 34.3 Å². The maximum absolute atomic E-state index is 11.3. The summed E-state index contributed by atoms with van der Waals surface area (Å²) in [5.74, 6) is -0.129. The van der Waals surface area contributed by atoms with E-state index in [2.05, 4.69) is 15.6 Å². The highest BCUT2D eigenvalue weighted by atomic mass is 35.5. The first-order valence-corrected chi connectivity index (χ1v) is 7.57. The molecule has 1 atom stereocenters. The van der Waals surface area contributed by atoms with E-state index in [1.807, 2.05) is 25.3 Å². The van der Waals surface area contributed by atoms with Crippen LogP contribution < -0.4 is 10.6 Å². The lowest BCUT2D eigenvalue weighted by Gasteiger charge is -2.14. The summed E-state index contributed by atoms with van der Waals surface area (Å²) in [5, 5.41) is 7.30. The lowest BCUT2D eigenvalue weighted by atomic mass is 10.0. The molecule has 5 nitrogen and oxygen atoms in total. The fourth-order valence-electron chi connectivity index (χ4n) is 2.58. The Morgan fingerprint density at radius 2 is 2.00 bits per heavy atom. The van der Waals surface area contributed by atoms with Crippen LogP contribution in [0.4, 0.5) is 0 Å². The summed E-state index contributed by atoms with van der Waals surface area (Å²) in [5.41, 5.74) is 2.99. The summed E-state index contributed by atoms with van der Waals surface area (Å²) in [6.45, 7) is 5.49. The summed E-state index contributed by atoms with van der Waals surface area (Å²) < 4.78 is 0. The smallest absolute Gasteiger partial charge is 0.217 e. The first kappa shape index (κ1) is 16.4. The number of benzene rings is 1. The van der Waals surface area contributed by atoms with E-state index in [9.17, 15) is 9.59 Å². The Bertz CT molecular complexity index is 709. The lowest BCUT2D eigenvalue weighted by Crippen LogP contribution is -2.23. The van der Waals surface area contributed by atoms with Gasteiger partial charge in [0.1, 0.15) is 0 Å². The van der Waals surface area contributed by atoms with Crippen LogP contribution in [0, 0.1) is 0 Å². The number of hydrogen-bond acceptors (Lipinski definition) is 2. The Balaban J connectivity index is 2.33. The van der Waals surface area contributed by atoms with Gasteiger partial charge in [0, 0.05) is 37.0 Å². The average molecular weight is 322 g/mol. The van der Waals surface area contributed by atoms with Crippen LogP contribution in [-0.4, -0.2) is 23.3 Å². The zero-order valence-electron chi connectivity index (χ0n) is 12.9. The van der Waals surface area contributed by atoms with E-state index >= 15 is 0 Å². The van der Waals surface area contributed by atoms with Crippen LogP contribution >= 0.6 is 11.6 Å². The molecule has 2 amide bonds. The molecule has 0 spiro atoms. The van der Waals surface area contributed by atoms with Crippen LogP contribution in [0.2, 0.25) is 5.02 Å². The highest BCUT2D eigenvalue weighted by Gasteiger charge is 2.15. The number of carbonyl (C=O) groups excluding carboxylic acids is 2. The second-order valence-corrected chi connectivity index (χ2v) is 5.82. The van der Waals surface area contributed by atoms with Crippen LogP contribution in [0.25, 0.3) is 10.9 Å². The van der Waals surface area contributed by atoms with Crippen molar-refractivity contribution in [3.8, 4) is 0 Å². The predicted molar refractivity (Wildman–Crippen MR) is 87.9 cm³/mol. The minimum atomic E-state index is -0.138. The summed E-state index contributed by atoms with van der Waals surface area (Å²) in [6, 6.07) is 3.62. The van der Waals surface area contributed by atoms with Gasteiger partial charge in [-0.15, -0.1) is 0 Å². The fourth-order valence-corrected chi connectivity index (χ4v) is 2.81. The van der Waals surface area contributed by atoms with Gasteiger partial charge in [-0.1, -0.05) is 11.6 Å². The molecule has 0 radical (unpaired) electrons. The Morgan fingerprint density at radius 1 is 1.27 bits per heavy atom. The highest BCUT2D eigenvalue weighted by molar-refractivity contribution is 6.31. The van der Waals surface area contributed by atoms with Gasteiger partial charge < -0.3 is 15.6 Å². The molecule has 2 rings (SSSR count). The molecule has 3 N–H and O–H groups in total. The van der Waals surface area contributed by atoms with E-state index in [4.69, 9.17) is 11.6 Å². The third-order valence-electron chi connectivity index (χ3n) is 3.52. The molecule has 0 saturated carbocycles. The van der Waals surface area contributed by atoms with Gasteiger partial charge >= 0.3 is 0 Å². The summed E-state index contributed by atoms with van der Waals surface area (Å²) in [4.78, 5) is 25.5. The van der Waals surface area contributed by atoms with Gasteiger partial charge in [0.2, 0.25) is 11.8 Å². The predicted octanol–water partition coefficient (Wildman–Crippen LogP) is 2.70. The van der Waals surface area contributed by atoms with Crippen molar-refractivity contribution in [3.05, 3.63) is 34.5 Å². The van der Waals surface area contributed by atoms with Crippen LogP contribution in [0.5, 0.6) is 0 Å². The molecule has 1 unspecified atom stereocenters. The molecular weight excluding hydrogens is 302 g/mol. The third-order valence-corrected chi connectivity index (χ3v) is 3.74. The molecule has 118 valence electrons. The number of fused-ring (bicyclic) bond motifs is 1. The Kier molecular flexibility index (Phi) is 5.08. The van der Waals surface area contributed by atoms with E-state index in [1.165, 1.54) is 13.8 Å². The van der Waals surface area contributed by atoms with Gasteiger partial charge in [-0.25, -0.2) is 0 Å². The number of H-pyrrole nitrogens is 1. The minimum Gasteiger partial charge on any atom is -0.361 e. The first-order chi connectivity index (χ1) is 10.4. The van der Waals surface area contributed by atoms with Gasteiger partial charge in [-0.05, 0) is 36.6 Å². The Hall–Kier alpha value is -2.01. The topological polar surface area (TPSA) is 74.0 Å². The second kappa shape index (κ2) is 6.83. The SMILES string of the molecule is CC(=O)NCCc1c[nH]c2c(C(C)NC(C)=O)cc(Cl)cc12.